The molecule has 23 heavy (non-hydrogen) atoms. The highest BCUT2D eigenvalue weighted by molar-refractivity contribution is 6.31. The van der Waals surface area contributed by atoms with Gasteiger partial charge in [-0.1, -0.05) is 30.5 Å². The van der Waals surface area contributed by atoms with Crippen molar-refractivity contribution in [1.82, 2.24) is 4.90 Å². The number of carbonyl (C=O) groups is 2. The van der Waals surface area contributed by atoms with Crippen LogP contribution in [0.5, 0.6) is 0 Å². The van der Waals surface area contributed by atoms with Crippen LogP contribution in [0.1, 0.15) is 44.1 Å². The molecule has 1 saturated heterocycles. The largest absolute Gasteiger partial charge is 0.342 e. The first-order valence-corrected chi connectivity index (χ1v) is 8.78. The fraction of sp³-hybridized carbons (Fsp3) is 0.556. The molecule has 0 atom stereocenters. The second-order valence-electron chi connectivity index (χ2n) is 6.71. The summed E-state index contributed by atoms with van der Waals surface area (Å²) in [5.74, 6) is -0.179. The van der Waals surface area contributed by atoms with Gasteiger partial charge >= 0.3 is 0 Å². The minimum absolute atomic E-state index is 0.00936. The van der Waals surface area contributed by atoms with E-state index in [4.69, 9.17) is 11.6 Å². The molecule has 2 fully saturated rings. The Kier molecular flexibility index (Phi) is 4.62. The number of halogens is 1. The van der Waals surface area contributed by atoms with Crippen LogP contribution in [0.25, 0.3) is 0 Å². The highest BCUT2D eigenvalue weighted by atomic mass is 35.5. The number of carbonyl (C=O) groups excluding carboxylic acids is 2. The van der Waals surface area contributed by atoms with Gasteiger partial charge in [0, 0.05) is 23.8 Å². The van der Waals surface area contributed by atoms with E-state index < -0.39 is 5.41 Å². The van der Waals surface area contributed by atoms with Crippen LogP contribution < -0.4 is 5.32 Å². The van der Waals surface area contributed by atoms with Crippen LogP contribution >= 0.6 is 11.6 Å². The Balaban J connectivity index is 1.70. The molecule has 1 N–H and O–H groups in total. The number of aryl methyl sites for hydroxylation is 1. The summed E-state index contributed by atoms with van der Waals surface area (Å²) >= 11 is 6.10. The third-order valence-corrected chi connectivity index (χ3v) is 5.32. The van der Waals surface area contributed by atoms with Crippen LogP contribution in [-0.4, -0.2) is 29.8 Å². The average Bonchev–Trinajstić information content (AvgIpc) is 3.34. The Bertz CT molecular complexity index is 617. The lowest BCUT2D eigenvalue weighted by Crippen LogP contribution is -2.43. The number of rotatable bonds is 3. The molecule has 1 aromatic carbocycles. The molecule has 0 unspecified atom stereocenters. The molecule has 0 bridgehead atoms. The maximum atomic E-state index is 12.8. The first-order chi connectivity index (χ1) is 11.0. The van der Waals surface area contributed by atoms with E-state index in [1.807, 2.05) is 24.0 Å². The third-order valence-electron chi connectivity index (χ3n) is 4.92. The zero-order valence-corrected chi connectivity index (χ0v) is 14.3. The van der Waals surface area contributed by atoms with Crippen LogP contribution in [0.3, 0.4) is 0 Å². The standard InChI is InChI=1S/C18H23ClN2O2/c1-13-6-7-14(12-15(13)19)20-16(22)18(8-9-18)17(23)21-10-4-2-3-5-11-21/h6-7,12H,2-5,8-11H2,1H3,(H,20,22). The molecule has 1 aliphatic heterocycles. The van der Waals surface area contributed by atoms with Crippen LogP contribution in [0.2, 0.25) is 5.02 Å². The van der Waals surface area contributed by atoms with E-state index in [1.54, 1.807) is 6.07 Å². The lowest BCUT2D eigenvalue weighted by atomic mass is 10.0. The van der Waals surface area contributed by atoms with Crippen LogP contribution in [0.4, 0.5) is 5.69 Å². The number of likely N-dealkylation sites (tertiary alicyclic amines) is 1. The van der Waals surface area contributed by atoms with Crippen LogP contribution in [0.15, 0.2) is 18.2 Å². The molecule has 3 rings (SSSR count). The normalized spacial score (nSPS) is 19.8. The molecule has 2 amide bonds. The Labute approximate surface area is 142 Å². The molecule has 1 aromatic rings. The average molecular weight is 335 g/mol. The number of hydrogen-bond donors (Lipinski definition) is 1. The van der Waals surface area contributed by atoms with Gasteiger partial charge < -0.3 is 10.2 Å². The topological polar surface area (TPSA) is 49.4 Å². The van der Waals surface area contributed by atoms with Crippen molar-refractivity contribution in [1.29, 1.82) is 0 Å². The second-order valence-corrected chi connectivity index (χ2v) is 7.11. The van der Waals surface area contributed by atoms with Gasteiger partial charge in [0.25, 0.3) is 0 Å². The summed E-state index contributed by atoms with van der Waals surface area (Å²) in [6.45, 7) is 3.48. The van der Waals surface area contributed by atoms with Crippen LogP contribution in [0, 0.1) is 12.3 Å². The van der Waals surface area contributed by atoms with Gasteiger partial charge in [0.1, 0.15) is 5.41 Å². The molecule has 2 aliphatic rings. The van der Waals surface area contributed by atoms with E-state index in [-0.39, 0.29) is 11.8 Å². The molecular formula is C18H23ClN2O2. The lowest BCUT2D eigenvalue weighted by molar-refractivity contribution is -0.142. The number of amides is 2. The van der Waals surface area contributed by atoms with Gasteiger partial charge in [0.15, 0.2) is 0 Å². The van der Waals surface area contributed by atoms with Crippen molar-refractivity contribution < 1.29 is 9.59 Å². The number of hydrogen-bond acceptors (Lipinski definition) is 2. The fourth-order valence-electron chi connectivity index (χ4n) is 3.16. The minimum Gasteiger partial charge on any atom is -0.342 e. The van der Waals surface area contributed by atoms with Crippen molar-refractivity contribution in [2.75, 3.05) is 18.4 Å². The summed E-state index contributed by atoms with van der Waals surface area (Å²) in [6, 6.07) is 5.43. The Morgan fingerprint density at radius 3 is 2.35 bits per heavy atom. The van der Waals surface area contributed by atoms with E-state index >= 15 is 0 Å². The number of anilines is 1. The van der Waals surface area contributed by atoms with E-state index in [2.05, 4.69) is 5.32 Å². The predicted molar refractivity (Wildman–Crippen MR) is 91.5 cm³/mol. The second kappa shape index (κ2) is 6.52. The maximum absolute atomic E-state index is 12.8. The first-order valence-electron chi connectivity index (χ1n) is 8.40. The highest BCUT2D eigenvalue weighted by Crippen LogP contribution is 2.48. The molecular weight excluding hydrogens is 312 g/mol. The molecule has 1 aliphatic carbocycles. The molecule has 0 spiro atoms. The summed E-state index contributed by atoms with van der Waals surface area (Å²) in [7, 11) is 0. The zero-order chi connectivity index (χ0) is 16.4. The summed E-state index contributed by atoms with van der Waals surface area (Å²) < 4.78 is 0. The van der Waals surface area contributed by atoms with Gasteiger partial charge in [-0.2, -0.15) is 0 Å². The maximum Gasteiger partial charge on any atom is 0.240 e. The van der Waals surface area contributed by atoms with Crippen molar-refractivity contribution in [3.63, 3.8) is 0 Å². The SMILES string of the molecule is Cc1ccc(NC(=O)C2(C(=O)N3CCCCCC3)CC2)cc1Cl. The van der Waals surface area contributed by atoms with Crippen molar-refractivity contribution in [2.24, 2.45) is 5.41 Å². The molecule has 124 valence electrons. The van der Waals surface area contributed by atoms with Crippen molar-refractivity contribution in [2.45, 2.75) is 45.4 Å². The smallest absolute Gasteiger partial charge is 0.240 e. The first kappa shape index (κ1) is 16.3. The Hall–Kier alpha value is -1.55. The van der Waals surface area contributed by atoms with E-state index in [9.17, 15) is 9.59 Å². The van der Waals surface area contributed by atoms with Gasteiger partial charge in [-0.05, 0) is 50.3 Å². The van der Waals surface area contributed by atoms with Crippen molar-refractivity contribution in [3.8, 4) is 0 Å². The molecule has 4 nitrogen and oxygen atoms in total. The quantitative estimate of drug-likeness (QED) is 0.855. The molecule has 1 heterocycles. The van der Waals surface area contributed by atoms with E-state index in [1.165, 1.54) is 12.8 Å². The summed E-state index contributed by atoms with van der Waals surface area (Å²) in [5.41, 5.74) is 0.772. The lowest BCUT2D eigenvalue weighted by Gasteiger charge is -2.25. The molecule has 5 heteroatoms. The molecule has 0 radical (unpaired) electrons. The van der Waals surface area contributed by atoms with Crippen LogP contribution in [-0.2, 0) is 9.59 Å². The Morgan fingerprint density at radius 1 is 1.13 bits per heavy atom. The zero-order valence-electron chi connectivity index (χ0n) is 13.5. The molecule has 1 saturated carbocycles. The number of nitrogens with one attached hydrogen (secondary N) is 1. The van der Waals surface area contributed by atoms with Gasteiger partial charge in [-0.25, -0.2) is 0 Å². The summed E-state index contributed by atoms with van der Waals surface area (Å²) in [6.07, 6.45) is 5.71. The highest BCUT2D eigenvalue weighted by Gasteiger charge is 2.57. The van der Waals surface area contributed by atoms with Gasteiger partial charge in [-0.3, -0.25) is 9.59 Å². The molecule has 0 aromatic heterocycles. The summed E-state index contributed by atoms with van der Waals surface area (Å²) in [5, 5.41) is 3.49. The van der Waals surface area contributed by atoms with Gasteiger partial charge in [0.05, 0.1) is 0 Å². The minimum atomic E-state index is -0.846. The van der Waals surface area contributed by atoms with Crippen molar-refractivity contribution in [3.05, 3.63) is 28.8 Å². The fourth-order valence-corrected chi connectivity index (χ4v) is 3.34. The van der Waals surface area contributed by atoms with Crippen molar-refractivity contribution >= 4 is 29.1 Å². The third kappa shape index (κ3) is 3.37. The monoisotopic (exact) mass is 334 g/mol. The van der Waals surface area contributed by atoms with E-state index in [0.717, 1.165) is 31.5 Å². The Morgan fingerprint density at radius 2 is 1.78 bits per heavy atom. The number of benzene rings is 1. The van der Waals surface area contributed by atoms with E-state index in [0.29, 0.717) is 23.6 Å². The van der Waals surface area contributed by atoms with Gasteiger partial charge in [0.2, 0.25) is 11.8 Å². The summed E-state index contributed by atoms with van der Waals surface area (Å²) in [4.78, 5) is 27.4. The number of nitrogens with zero attached hydrogens (tertiary/aromatic N) is 1. The predicted octanol–water partition coefficient (Wildman–Crippen LogP) is 3.77. The van der Waals surface area contributed by atoms with Gasteiger partial charge in [-0.15, -0.1) is 0 Å².